The minimum atomic E-state index is -0.635. The third-order valence-electron chi connectivity index (χ3n) is 6.27. The molecule has 1 aliphatic rings. The fourth-order valence-electron chi connectivity index (χ4n) is 4.50. The number of amides is 2. The number of nitrogens with one attached hydrogen (secondary N) is 1. The van der Waals surface area contributed by atoms with Crippen molar-refractivity contribution >= 4 is 28.9 Å². The lowest BCUT2D eigenvalue weighted by Crippen LogP contribution is -2.41. The second-order valence-corrected chi connectivity index (χ2v) is 10.3. The van der Waals surface area contributed by atoms with E-state index in [9.17, 15) is 9.59 Å². The molecule has 1 fully saturated rings. The van der Waals surface area contributed by atoms with E-state index in [4.69, 9.17) is 20.3 Å². The quantitative estimate of drug-likeness (QED) is 0.380. The molecule has 0 saturated carbocycles. The van der Waals surface area contributed by atoms with Gasteiger partial charge in [-0.05, 0) is 63.6 Å². The predicted octanol–water partition coefficient (Wildman–Crippen LogP) is 4.17. The highest BCUT2D eigenvalue weighted by Gasteiger charge is 2.31. The van der Waals surface area contributed by atoms with E-state index in [1.807, 2.05) is 59.3 Å². The maximum Gasteiger partial charge on any atom is 0.408 e. The van der Waals surface area contributed by atoms with Crippen molar-refractivity contribution in [3.05, 3.63) is 60.9 Å². The van der Waals surface area contributed by atoms with E-state index in [1.165, 1.54) is 6.33 Å². The number of rotatable bonds is 6. The summed E-state index contributed by atoms with van der Waals surface area (Å²) >= 11 is 0. The number of nitrogens with two attached hydrogens (primary N) is 1. The van der Waals surface area contributed by atoms with Crippen LogP contribution in [0.15, 0.2) is 60.9 Å². The van der Waals surface area contributed by atoms with Crippen LogP contribution in [0, 0.1) is 0 Å². The molecule has 5 rings (SSSR count). The molecule has 2 amide bonds. The Balaban J connectivity index is 1.33. The van der Waals surface area contributed by atoms with Gasteiger partial charge in [0.2, 0.25) is 5.91 Å². The maximum absolute atomic E-state index is 12.8. The summed E-state index contributed by atoms with van der Waals surface area (Å²) in [6, 6.07) is 17.0. The highest BCUT2D eigenvalue weighted by atomic mass is 16.6. The van der Waals surface area contributed by atoms with Crippen LogP contribution in [-0.4, -0.2) is 61.9 Å². The molecule has 4 aromatic rings. The fourth-order valence-corrected chi connectivity index (χ4v) is 4.50. The molecule has 0 aliphatic carbocycles. The van der Waals surface area contributed by atoms with Crippen LogP contribution < -0.4 is 15.8 Å². The Bertz CT molecular complexity index is 1480. The van der Waals surface area contributed by atoms with Gasteiger partial charge in [-0.3, -0.25) is 4.79 Å². The van der Waals surface area contributed by atoms with Crippen LogP contribution in [0.4, 0.5) is 10.6 Å². The van der Waals surface area contributed by atoms with Crippen LogP contribution in [0.1, 0.15) is 33.2 Å². The van der Waals surface area contributed by atoms with Crippen LogP contribution in [0.25, 0.3) is 22.3 Å². The van der Waals surface area contributed by atoms with E-state index in [0.717, 1.165) is 11.3 Å². The van der Waals surface area contributed by atoms with Gasteiger partial charge in [0.05, 0.1) is 11.4 Å². The van der Waals surface area contributed by atoms with Crippen molar-refractivity contribution in [3.63, 3.8) is 0 Å². The molecule has 0 radical (unpaired) electrons. The molecular weight excluding hydrogens is 498 g/mol. The van der Waals surface area contributed by atoms with Gasteiger partial charge in [0.1, 0.15) is 41.5 Å². The third kappa shape index (κ3) is 5.92. The highest BCUT2D eigenvalue weighted by molar-refractivity contribution is 5.98. The number of fused-ring (bicyclic) bond motifs is 1. The van der Waals surface area contributed by atoms with Crippen LogP contribution >= 0.6 is 0 Å². The summed E-state index contributed by atoms with van der Waals surface area (Å²) in [5.74, 6) is 1.59. The maximum atomic E-state index is 12.8. The second-order valence-electron chi connectivity index (χ2n) is 10.3. The molecule has 3 N–H and O–H groups in total. The van der Waals surface area contributed by atoms with Crippen molar-refractivity contribution in [1.29, 1.82) is 0 Å². The number of ether oxygens (including phenoxy) is 2. The zero-order valence-corrected chi connectivity index (χ0v) is 22.1. The summed E-state index contributed by atoms with van der Waals surface area (Å²) < 4.78 is 13.0. The average molecular weight is 530 g/mol. The molecule has 3 heterocycles. The zero-order valence-electron chi connectivity index (χ0n) is 22.1. The molecule has 2 aromatic carbocycles. The molecule has 2 aromatic heterocycles. The summed E-state index contributed by atoms with van der Waals surface area (Å²) in [6.07, 6.45) is 1.47. The lowest BCUT2D eigenvalue weighted by Gasteiger charge is -2.21. The normalized spacial score (nSPS) is 15.4. The Labute approximate surface area is 225 Å². The number of carbonyl (C=O) groups excluding carboxylic acids is 2. The summed E-state index contributed by atoms with van der Waals surface area (Å²) in [6.45, 7) is 6.13. The first kappa shape index (κ1) is 26.0. The number of nitrogen functional groups attached to an aromatic ring is 1. The van der Waals surface area contributed by atoms with Gasteiger partial charge in [-0.2, -0.15) is 5.10 Å². The summed E-state index contributed by atoms with van der Waals surface area (Å²) in [5, 5.41) is 8.08. The van der Waals surface area contributed by atoms with Crippen molar-refractivity contribution in [2.75, 3.05) is 25.4 Å². The van der Waals surface area contributed by atoms with Gasteiger partial charge in [0.15, 0.2) is 5.65 Å². The number of nitrogens with zero attached hydrogens (tertiary/aromatic N) is 5. The van der Waals surface area contributed by atoms with Crippen molar-refractivity contribution in [3.8, 4) is 22.8 Å². The molecular formula is C28H31N7O4. The highest BCUT2D eigenvalue weighted by Crippen LogP contribution is 2.35. The molecule has 0 bridgehead atoms. The van der Waals surface area contributed by atoms with Gasteiger partial charge in [-0.25, -0.2) is 19.4 Å². The van der Waals surface area contributed by atoms with Gasteiger partial charge in [0, 0.05) is 18.7 Å². The standard InChI is InChI=1S/C28H31N7O4/c1-28(2,3)39-27(37)30-15-22(36)34-14-13-19(16-34)35-26-23(25(29)31-17-32-26)24(33-35)18-9-11-21(12-10-18)38-20-7-5-4-6-8-20/h4-12,17,19H,13-16H2,1-3H3,(H,30,37)(H2,29,31,32). The van der Waals surface area contributed by atoms with E-state index in [0.29, 0.717) is 47.8 Å². The van der Waals surface area contributed by atoms with Crippen LogP contribution in [0.5, 0.6) is 11.5 Å². The number of hydrogen-bond acceptors (Lipinski definition) is 8. The minimum Gasteiger partial charge on any atom is -0.457 e. The predicted molar refractivity (Wildman–Crippen MR) is 146 cm³/mol. The number of likely N-dealkylation sites (tertiary alicyclic amines) is 1. The zero-order chi connectivity index (χ0) is 27.6. The van der Waals surface area contributed by atoms with Gasteiger partial charge in [-0.15, -0.1) is 0 Å². The lowest BCUT2D eigenvalue weighted by molar-refractivity contribution is -0.129. The summed E-state index contributed by atoms with van der Waals surface area (Å²) in [4.78, 5) is 35.1. The molecule has 1 atom stereocenters. The van der Waals surface area contributed by atoms with Gasteiger partial charge < -0.3 is 25.4 Å². The number of hydrogen-bond donors (Lipinski definition) is 2. The monoisotopic (exact) mass is 529 g/mol. The summed E-state index contributed by atoms with van der Waals surface area (Å²) in [5.41, 5.74) is 7.75. The van der Waals surface area contributed by atoms with E-state index < -0.39 is 11.7 Å². The van der Waals surface area contributed by atoms with Crippen LogP contribution in [0.3, 0.4) is 0 Å². The Morgan fingerprint density at radius 2 is 1.77 bits per heavy atom. The largest absolute Gasteiger partial charge is 0.457 e. The lowest BCUT2D eigenvalue weighted by atomic mass is 10.1. The number of anilines is 1. The molecule has 1 saturated heterocycles. The number of benzene rings is 2. The topological polar surface area (TPSA) is 137 Å². The number of aromatic nitrogens is 4. The molecule has 11 heteroatoms. The number of alkyl carbamates (subject to hydrolysis) is 1. The SMILES string of the molecule is CC(C)(C)OC(=O)NCC(=O)N1CCC(n2nc(-c3ccc(Oc4ccccc4)cc3)c3c(N)ncnc32)C1. The second kappa shape index (κ2) is 10.6. The number of para-hydroxylation sites is 1. The summed E-state index contributed by atoms with van der Waals surface area (Å²) in [7, 11) is 0. The molecule has 1 aliphatic heterocycles. The Morgan fingerprint density at radius 1 is 1.05 bits per heavy atom. The van der Waals surface area contributed by atoms with E-state index in [-0.39, 0.29) is 18.5 Å². The Morgan fingerprint density at radius 3 is 2.49 bits per heavy atom. The smallest absolute Gasteiger partial charge is 0.408 e. The van der Waals surface area contributed by atoms with Crippen LogP contribution in [0.2, 0.25) is 0 Å². The Kier molecular flexibility index (Phi) is 7.05. The average Bonchev–Trinajstić information content (AvgIpc) is 3.54. The Hall–Kier alpha value is -4.67. The molecule has 0 spiro atoms. The first-order chi connectivity index (χ1) is 18.7. The van der Waals surface area contributed by atoms with Gasteiger partial charge in [-0.1, -0.05) is 18.2 Å². The van der Waals surface area contributed by atoms with Crippen LogP contribution in [-0.2, 0) is 9.53 Å². The molecule has 1 unspecified atom stereocenters. The third-order valence-corrected chi connectivity index (χ3v) is 6.27. The van der Waals surface area contributed by atoms with E-state index in [2.05, 4.69) is 15.3 Å². The van der Waals surface area contributed by atoms with Crippen molar-refractivity contribution in [2.45, 2.75) is 38.8 Å². The van der Waals surface area contributed by atoms with Gasteiger partial charge >= 0.3 is 6.09 Å². The van der Waals surface area contributed by atoms with E-state index in [1.54, 1.807) is 25.7 Å². The first-order valence-electron chi connectivity index (χ1n) is 12.7. The van der Waals surface area contributed by atoms with Gasteiger partial charge in [0.25, 0.3) is 0 Å². The fraction of sp³-hybridized carbons (Fsp3) is 0.321. The first-order valence-corrected chi connectivity index (χ1v) is 12.7. The molecule has 39 heavy (non-hydrogen) atoms. The van der Waals surface area contributed by atoms with Crippen molar-refractivity contribution in [2.24, 2.45) is 0 Å². The van der Waals surface area contributed by atoms with Crippen molar-refractivity contribution in [1.82, 2.24) is 30.0 Å². The van der Waals surface area contributed by atoms with E-state index >= 15 is 0 Å². The van der Waals surface area contributed by atoms with Crippen molar-refractivity contribution < 1.29 is 19.1 Å². The molecule has 11 nitrogen and oxygen atoms in total. The molecule has 202 valence electrons. The minimum absolute atomic E-state index is 0.110. The number of carbonyl (C=O) groups is 2.